The van der Waals surface area contributed by atoms with Gasteiger partial charge in [-0.05, 0) is 59.5 Å². The fourth-order valence-electron chi connectivity index (χ4n) is 4.14. The number of methoxy groups -OCH3 is 1. The fourth-order valence-corrected chi connectivity index (χ4v) is 4.27. The first-order valence-corrected chi connectivity index (χ1v) is 11.9. The summed E-state index contributed by atoms with van der Waals surface area (Å²) in [5.41, 5.74) is 2.27. The van der Waals surface area contributed by atoms with E-state index in [-0.39, 0.29) is 22.6 Å². The lowest BCUT2D eigenvalue weighted by molar-refractivity contribution is -0.140. The van der Waals surface area contributed by atoms with Crippen LogP contribution in [0, 0.1) is 17.2 Å². The number of ether oxygens (including phenoxy) is 2. The zero-order valence-electron chi connectivity index (χ0n) is 20.4. The number of fused-ring (bicyclic) bond motifs is 1. The van der Waals surface area contributed by atoms with Gasteiger partial charge in [-0.1, -0.05) is 55.8 Å². The molecule has 0 bridgehead atoms. The zero-order chi connectivity index (χ0) is 26.7. The summed E-state index contributed by atoms with van der Waals surface area (Å²) in [6, 6.07) is 19.2. The summed E-state index contributed by atoms with van der Waals surface area (Å²) in [6.07, 6.45) is 1.67. The Hall–Kier alpha value is -4.41. The standard InChI is InChI=1S/C29H23ClN2O5/c1-17(2)26(32-27(33)22-6-4-5-7-23(22)28(32)34)29(35)37-24-13-8-18(15-25(24)36-3)14-20(16-31)19-9-11-21(30)12-10-19/h4-15,17,26H,1-3H3/b20-14+. The number of amides is 2. The van der Waals surface area contributed by atoms with Crippen molar-refractivity contribution in [3.63, 3.8) is 0 Å². The first-order chi connectivity index (χ1) is 17.7. The molecule has 0 aliphatic carbocycles. The number of esters is 1. The number of halogens is 1. The summed E-state index contributed by atoms with van der Waals surface area (Å²) in [5, 5.41) is 10.2. The summed E-state index contributed by atoms with van der Waals surface area (Å²) in [6.45, 7) is 3.47. The van der Waals surface area contributed by atoms with Crippen molar-refractivity contribution in [3.05, 3.63) is 94.0 Å². The molecule has 2 amide bonds. The van der Waals surface area contributed by atoms with Gasteiger partial charge in [-0.15, -0.1) is 0 Å². The Morgan fingerprint density at radius 1 is 0.973 bits per heavy atom. The van der Waals surface area contributed by atoms with Gasteiger partial charge in [-0.3, -0.25) is 14.5 Å². The van der Waals surface area contributed by atoms with Crippen molar-refractivity contribution in [1.29, 1.82) is 5.26 Å². The quantitative estimate of drug-likeness (QED) is 0.133. The van der Waals surface area contributed by atoms with E-state index in [0.29, 0.717) is 21.7 Å². The fraction of sp³-hybridized carbons (Fsp3) is 0.172. The van der Waals surface area contributed by atoms with Crippen LogP contribution in [0.1, 0.15) is 45.7 Å². The van der Waals surface area contributed by atoms with Crippen LogP contribution in [-0.4, -0.2) is 35.8 Å². The molecule has 1 aliphatic rings. The monoisotopic (exact) mass is 514 g/mol. The molecule has 4 rings (SSSR count). The number of allylic oxidation sites excluding steroid dienone is 1. The van der Waals surface area contributed by atoms with E-state index in [1.807, 2.05) is 0 Å². The molecule has 0 aromatic heterocycles. The Morgan fingerprint density at radius 2 is 1.59 bits per heavy atom. The highest BCUT2D eigenvalue weighted by Crippen LogP contribution is 2.33. The average Bonchev–Trinajstić information content (AvgIpc) is 3.14. The summed E-state index contributed by atoms with van der Waals surface area (Å²) < 4.78 is 11.1. The molecule has 0 radical (unpaired) electrons. The Bertz CT molecular complexity index is 1420. The predicted molar refractivity (Wildman–Crippen MR) is 139 cm³/mol. The topological polar surface area (TPSA) is 96.7 Å². The van der Waals surface area contributed by atoms with Gasteiger partial charge in [0.05, 0.1) is 29.9 Å². The van der Waals surface area contributed by atoms with Crippen LogP contribution in [0.5, 0.6) is 11.5 Å². The molecular formula is C29H23ClN2O5. The smallest absolute Gasteiger partial charge is 0.335 e. The Balaban J connectivity index is 1.60. The van der Waals surface area contributed by atoms with Gasteiger partial charge in [-0.25, -0.2) is 4.79 Å². The van der Waals surface area contributed by atoms with E-state index in [1.165, 1.54) is 7.11 Å². The SMILES string of the molecule is COc1cc(/C=C(\C#N)c2ccc(Cl)cc2)ccc1OC(=O)C(C(C)C)N1C(=O)c2ccccc2C1=O. The maximum atomic E-state index is 13.3. The van der Waals surface area contributed by atoms with E-state index in [0.717, 1.165) is 4.90 Å². The molecule has 0 N–H and O–H groups in total. The van der Waals surface area contributed by atoms with Gasteiger partial charge < -0.3 is 9.47 Å². The van der Waals surface area contributed by atoms with Crippen LogP contribution < -0.4 is 9.47 Å². The normalized spacial score (nSPS) is 13.8. The molecule has 1 atom stereocenters. The minimum absolute atomic E-state index is 0.122. The van der Waals surface area contributed by atoms with Crippen LogP contribution in [0.2, 0.25) is 5.02 Å². The summed E-state index contributed by atoms with van der Waals surface area (Å²) in [7, 11) is 1.43. The van der Waals surface area contributed by atoms with Gasteiger partial charge in [0, 0.05) is 5.02 Å². The van der Waals surface area contributed by atoms with Crippen LogP contribution in [0.4, 0.5) is 0 Å². The molecule has 8 heteroatoms. The van der Waals surface area contributed by atoms with Crippen LogP contribution >= 0.6 is 11.6 Å². The van der Waals surface area contributed by atoms with Gasteiger partial charge in [-0.2, -0.15) is 5.26 Å². The molecule has 3 aromatic rings. The third-order valence-electron chi connectivity index (χ3n) is 5.96. The van der Waals surface area contributed by atoms with Gasteiger partial charge in [0.1, 0.15) is 6.04 Å². The number of hydrogen-bond donors (Lipinski definition) is 0. The van der Waals surface area contributed by atoms with E-state index in [9.17, 15) is 19.6 Å². The summed E-state index contributed by atoms with van der Waals surface area (Å²) >= 11 is 5.94. The number of rotatable bonds is 7. The maximum Gasteiger partial charge on any atom is 0.335 e. The number of nitriles is 1. The van der Waals surface area contributed by atoms with Crippen molar-refractivity contribution < 1.29 is 23.9 Å². The largest absolute Gasteiger partial charge is 0.493 e. The van der Waals surface area contributed by atoms with Crippen molar-refractivity contribution in [2.75, 3.05) is 7.11 Å². The number of hydrogen-bond acceptors (Lipinski definition) is 6. The van der Waals surface area contributed by atoms with Gasteiger partial charge >= 0.3 is 5.97 Å². The number of carbonyl (C=O) groups is 3. The van der Waals surface area contributed by atoms with Crippen molar-refractivity contribution >= 4 is 41.0 Å². The molecule has 3 aromatic carbocycles. The lowest BCUT2D eigenvalue weighted by Crippen LogP contribution is -2.49. The van der Waals surface area contributed by atoms with Crippen LogP contribution in [0.3, 0.4) is 0 Å². The van der Waals surface area contributed by atoms with E-state index >= 15 is 0 Å². The van der Waals surface area contributed by atoms with Crippen LogP contribution in [0.25, 0.3) is 11.6 Å². The zero-order valence-corrected chi connectivity index (χ0v) is 21.2. The molecule has 1 unspecified atom stereocenters. The Morgan fingerprint density at radius 3 is 2.14 bits per heavy atom. The lowest BCUT2D eigenvalue weighted by atomic mass is 10.0. The molecule has 0 spiro atoms. The number of carbonyl (C=O) groups excluding carboxylic acids is 3. The number of imide groups is 1. The third kappa shape index (κ3) is 5.11. The van der Waals surface area contributed by atoms with Crippen LogP contribution in [0.15, 0.2) is 66.7 Å². The Kier molecular flexibility index (Phi) is 7.42. The first-order valence-electron chi connectivity index (χ1n) is 11.5. The maximum absolute atomic E-state index is 13.3. The molecule has 186 valence electrons. The second-order valence-electron chi connectivity index (χ2n) is 8.72. The van der Waals surface area contributed by atoms with Crippen molar-refractivity contribution in [2.45, 2.75) is 19.9 Å². The second kappa shape index (κ2) is 10.7. The minimum atomic E-state index is -1.13. The van der Waals surface area contributed by atoms with Crippen molar-refractivity contribution in [1.82, 2.24) is 4.90 Å². The summed E-state index contributed by atoms with van der Waals surface area (Å²) in [5.74, 6) is -1.85. The lowest BCUT2D eigenvalue weighted by Gasteiger charge is -2.27. The van der Waals surface area contributed by atoms with Gasteiger partial charge in [0.2, 0.25) is 0 Å². The van der Waals surface area contributed by atoms with Gasteiger partial charge in [0.25, 0.3) is 11.8 Å². The number of benzene rings is 3. The highest BCUT2D eigenvalue weighted by atomic mass is 35.5. The number of nitrogens with zero attached hydrogens (tertiary/aromatic N) is 2. The van der Waals surface area contributed by atoms with Gasteiger partial charge in [0.15, 0.2) is 11.5 Å². The van der Waals surface area contributed by atoms with Crippen molar-refractivity contribution in [3.8, 4) is 17.6 Å². The molecule has 1 heterocycles. The molecule has 1 aliphatic heterocycles. The Labute approximate surface area is 219 Å². The van der Waals surface area contributed by atoms with Crippen LogP contribution in [-0.2, 0) is 4.79 Å². The molecule has 7 nitrogen and oxygen atoms in total. The molecular weight excluding hydrogens is 492 g/mol. The molecule has 0 fully saturated rings. The molecule has 0 saturated heterocycles. The molecule has 37 heavy (non-hydrogen) atoms. The summed E-state index contributed by atoms with van der Waals surface area (Å²) in [4.78, 5) is 40.2. The first kappa shape index (κ1) is 25.7. The van der Waals surface area contributed by atoms with Crippen molar-refractivity contribution in [2.24, 2.45) is 5.92 Å². The van der Waals surface area contributed by atoms with E-state index in [1.54, 1.807) is 86.7 Å². The second-order valence-corrected chi connectivity index (χ2v) is 9.16. The average molecular weight is 515 g/mol. The van der Waals surface area contributed by atoms with E-state index < -0.39 is 29.7 Å². The highest BCUT2D eigenvalue weighted by molar-refractivity contribution is 6.30. The highest BCUT2D eigenvalue weighted by Gasteiger charge is 2.45. The third-order valence-corrected chi connectivity index (χ3v) is 6.21. The minimum Gasteiger partial charge on any atom is -0.493 e. The van der Waals surface area contributed by atoms with E-state index in [4.69, 9.17) is 21.1 Å². The predicted octanol–water partition coefficient (Wildman–Crippen LogP) is 5.64. The van der Waals surface area contributed by atoms with E-state index in [2.05, 4.69) is 6.07 Å². The molecule has 0 saturated carbocycles.